The Hall–Kier alpha value is -1.55. The molecule has 1 unspecified atom stereocenters. The number of rotatable bonds is 4. The lowest BCUT2D eigenvalue weighted by molar-refractivity contribution is 0.196. The lowest BCUT2D eigenvalue weighted by atomic mass is 10.1. The SMILES string of the molecule is CCC1CCCCCN1CCc1nc2ccc(N)cc2[nH]1. The van der Waals surface area contributed by atoms with Crippen molar-refractivity contribution in [3.63, 3.8) is 0 Å². The van der Waals surface area contributed by atoms with Crippen LogP contribution in [0.5, 0.6) is 0 Å². The summed E-state index contributed by atoms with van der Waals surface area (Å²) in [6, 6.07) is 6.62. The quantitative estimate of drug-likeness (QED) is 0.847. The number of fused-ring (bicyclic) bond motifs is 1. The summed E-state index contributed by atoms with van der Waals surface area (Å²) in [6.07, 6.45) is 7.72. The Balaban J connectivity index is 1.67. The van der Waals surface area contributed by atoms with Crippen LogP contribution < -0.4 is 5.73 Å². The van der Waals surface area contributed by atoms with E-state index in [0.717, 1.165) is 41.6 Å². The van der Waals surface area contributed by atoms with E-state index in [1.165, 1.54) is 38.6 Å². The molecule has 1 atom stereocenters. The van der Waals surface area contributed by atoms with Gasteiger partial charge in [0.05, 0.1) is 11.0 Å². The average Bonchev–Trinajstić information content (AvgIpc) is 2.74. The molecule has 0 saturated carbocycles. The minimum Gasteiger partial charge on any atom is -0.399 e. The van der Waals surface area contributed by atoms with Crippen molar-refractivity contribution >= 4 is 16.7 Å². The summed E-state index contributed by atoms with van der Waals surface area (Å²) in [4.78, 5) is 10.7. The molecule has 0 amide bonds. The Labute approximate surface area is 126 Å². The summed E-state index contributed by atoms with van der Waals surface area (Å²) in [5.41, 5.74) is 8.67. The number of aromatic nitrogens is 2. The molecule has 2 heterocycles. The highest BCUT2D eigenvalue weighted by Crippen LogP contribution is 2.20. The maximum atomic E-state index is 5.82. The molecule has 0 spiro atoms. The van der Waals surface area contributed by atoms with E-state index < -0.39 is 0 Å². The Morgan fingerprint density at radius 3 is 3.10 bits per heavy atom. The largest absolute Gasteiger partial charge is 0.399 e. The van der Waals surface area contributed by atoms with Crippen LogP contribution in [0.4, 0.5) is 5.69 Å². The van der Waals surface area contributed by atoms with Crippen LogP contribution in [0.3, 0.4) is 0 Å². The standard InChI is InChI=1S/C17H26N4/c1-2-14-6-4-3-5-10-21(14)11-9-17-19-15-8-7-13(18)12-16(15)20-17/h7-8,12,14H,2-6,9-11,18H2,1H3,(H,19,20). The van der Waals surface area contributed by atoms with E-state index in [-0.39, 0.29) is 0 Å². The number of hydrogen-bond donors (Lipinski definition) is 2. The lowest BCUT2D eigenvalue weighted by Gasteiger charge is -2.28. The summed E-state index contributed by atoms with van der Waals surface area (Å²) in [6.45, 7) is 4.66. The van der Waals surface area contributed by atoms with Crippen molar-refractivity contribution in [2.45, 2.75) is 51.5 Å². The second-order valence-corrected chi connectivity index (χ2v) is 6.16. The van der Waals surface area contributed by atoms with Crippen LogP contribution in [0.1, 0.15) is 44.9 Å². The van der Waals surface area contributed by atoms with Gasteiger partial charge in [-0.3, -0.25) is 4.90 Å². The van der Waals surface area contributed by atoms with Crippen molar-refractivity contribution in [1.82, 2.24) is 14.9 Å². The summed E-state index contributed by atoms with van der Waals surface area (Å²) in [5.74, 6) is 1.08. The molecule has 1 saturated heterocycles. The monoisotopic (exact) mass is 286 g/mol. The van der Waals surface area contributed by atoms with Gasteiger partial charge in [-0.25, -0.2) is 4.98 Å². The third kappa shape index (κ3) is 3.38. The summed E-state index contributed by atoms with van der Waals surface area (Å²) < 4.78 is 0. The van der Waals surface area contributed by atoms with Crippen LogP contribution in [0.25, 0.3) is 11.0 Å². The molecule has 1 fully saturated rings. The van der Waals surface area contributed by atoms with Crippen LogP contribution in [0, 0.1) is 0 Å². The van der Waals surface area contributed by atoms with Crippen molar-refractivity contribution in [1.29, 1.82) is 0 Å². The minimum absolute atomic E-state index is 0.757. The number of likely N-dealkylation sites (tertiary alicyclic amines) is 1. The molecule has 0 radical (unpaired) electrons. The second-order valence-electron chi connectivity index (χ2n) is 6.16. The van der Waals surface area contributed by atoms with Gasteiger partial charge in [0.1, 0.15) is 5.82 Å². The van der Waals surface area contributed by atoms with Crippen LogP contribution in [-0.4, -0.2) is 34.0 Å². The maximum Gasteiger partial charge on any atom is 0.108 e. The van der Waals surface area contributed by atoms with Crippen molar-refractivity contribution in [3.05, 3.63) is 24.0 Å². The molecule has 0 bridgehead atoms. The molecule has 21 heavy (non-hydrogen) atoms. The number of imidazole rings is 1. The van der Waals surface area contributed by atoms with Crippen molar-refractivity contribution in [3.8, 4) is 0 Å². The highest BCUT2D eigenvalue weighted by Gasteiger charge is 2.19. The number of nitrogens with two attached hydrogens (primary N) is 1. The molecule has 3 N–H and O–H groups in total. The van der Waals surface area contributed by atoms with Gasteiger partial charge in [0.15, 0.2) is 0 Å². The molecule has 0 aliphatic carbocycles. The third-order valence-electron chi connectivity index (χ3n) is 4.66. The zero-order chi connectivity index (χ0) is 14.7. The summed E-state index contributed by atoms with van der Waals surface area (Å²) >= 11 is 0. The Kier molecular flexibility index (Phi) is 4.44. The van der Waals surface area contributed by atoms with E-state index in [9.17, 15) is 0 Å². The Bertz CT molecular complexity index is 589. The topological polar surface area (TPSA) is 57.9 Å². The van der Waals surface area contributed by atoms with E-state index in [2.05, 4.69) is 21.8 Å². The van der Waals surface area contributed by atoms with E-state index in [4.69, 9.17) is 5.73 Å². The highest BCUT2D eigenvalue weighted by molar-refractivity contribution is 5.78. The first kappa shape index (κ1) is 14.4. The molecule has 1 aromatic carbocycles. The molecular formula is C17H26N4. The van der Waals surface area contributed by atoms with Gasteiger partial charge in [-0.15, -0.1) is 0 Å². The third-order valence-corrected chi connectivity index (χ3v) is 4.66. The predicted octanol–water partition coefficient (Wildman–Crippen LogP) is 3.34. The van der Waals surface area contributed by atoms with E-state index in [1.54, 1.807) is 0 Å². The number of nitrogens with zero attached hydrogens (tertiary/aromatic N) is 2. The van der Waals surface area contributed by atoms with Gasteiger partial charge in [0.25, 0.3) is 0 Å². The van der Waals surface area contributed by atoms with Gasteiger partial charge in [0, 0.05) is 24.7 Å². The van der Waals surface area contributed by atoms with E-state index in [1.807, 2.05) is 18.2 Å². The van der Waals surface area contributed by atoms with Crippen molar-refractivity contribution in [2.24, 2.45) is 0 Å². The number of anilines is 1. The zero-order valence-electron chi connectivity index (χ0n) is 12.9. The van der Waals surface area contributed by atoms with Crippen LogP contribution >= 0.6 is 0 Å². The van der Waals surface area contributed by atoms with Crippen molar-refractivity contribution in [2.75, 3.05) is 18.8 Å². The van der Waals surface area contributed by atoms with E-state index in [0.29, 0.717) is 0 Å². The highest BCUT2D eigenvalue weighted by atomic mass is 15.2. The van der Waals surface area contributed by atoms with E-state index >= 15 is 0 Å². The molecule has 1 aliphatic rings. The molecule has 2 aromatic rings. The van der Waals surface area contributed by atoms with Crippen molar-refractivity contribution < 1.29 is 0 Å². The molecule has 4 heteroatoms. The fraction of sp³-hybridized carbons (Fsp3) is 0.588. The minimum atomic E-state index is 0.757. The number of nitrogen functional groups attached to an aromatic ring is 1. The van der Waals surface area contributed by atoms with Gasteiger partial charge >= 0.3 is 0 Å². The first-order chi connectivity index (χ1) is 10.3. The fourth-order valence-electron chi connectivity index (χ4n) is 3.44. The number of hydrogen-bond acceptors (Lipinski definition) is 3. The molecule has 4 nitrogen and oxygen atoms in total. The normalized spacial score (nSPS) is 20.7. The Morgan fingerprint density at radius 1 is 1.33 bits per heavy atom. The van der Waals surface area contributed by atoms with Crippen LogP contribution in [-0.2, 0) is 6.42 Å². The van der Waals surface area contributed by atoms with Gasteiger partial charge in [0.2, 0.25) is 0 Å². The number of aromatic amines is 1. The number of H-pyrrole nitrogens is 1. The molecule has 1 aliphatic heterocycles. The first-order valence-corrected chi connectivity index (χ1v) is 8.24. The second kappa shape index (κ2) is 6.48. The number of nitrogens with one attached hydrogen (secondary N) is 1. The number of benzene rings is 1. The smallest absolute Gasteiger partial charge is 0.108 e. The Morgan fingerprint density at radius 2 is 2.24 bits per heavy atom. The van der Waals surface area contributed by atoms with Gasteiger partial charge in [-0.2, -0.15) is 0 Å². The van der Waals surface area contributed by atoms with Gasteiger partial charge < -0.3 is 10.7 Å². The first-order valence-electron chi connectivity index (χ1n) is 8.24. The molecule has 1 aromatic heterocycles. The molecular weight excluding hydrogens is 260 g/mol. The fourth-order valence-corrected chi connectivity index (χ4v) is 3.44. The van der Waals surface area contributed by atoms with Gasteiger partial charge in [-0.1, -0.05) is 19.8 Å². The zero-order valence-corrected chi connectivity index (χ0v) is 12.9. The lowest BCUT2D eigenvalue weighted by Crippen LogP contribution is -2.36. The molecule has 3 rings (SSSR count). The predicted molar refractivity (Wildman–Crippen MR) is 88.3 cm³/mol. The van der Waals surface area contributed by atoms with Crippen LogP contribution in [0.15, 0.2) is 18.2 Å². The van der Waals surface area contributed by atoms with Crippen LogP contribution in [0.2, 0.25) is 0 Å². The average molecular weight is 286 g/mol. The van der Waals surface area contributed by atoms with Gasteiger partial charge in [-0.05, 0) is 44.0 Å². The summed E-state index contributed by atoms with van der Waals surface area (Å²) in [7, 11) is 0. The molecule has 114 valence electrons. The summed E-state index contributed by atoms with van der Waals surface area (Å²) in [5, 5.41) is 0. The maximum absolute atomic E-state index is 5.82.